The summed E-state index contributed by atoms with van der Waals surface area (Å²) in [5.41, 5.74) is -0.0160. The van der Waals surface area contributed by atoms with E-state index in [9.17, 15) is 26.8 Å². The van der Waals surface area contributed by atoms with Gasteiger partial charge in [-0.25, -0.2) is 17.2 Å². The summed E-state index contributed by atoms with van der Waals surface area (Å²) in [6, 6.07) is 4.20. The van der Waals surface area contributed by atoms with Crippen LogP contribution in [0.5, 0.6) is 0 Å². The SMILES string of the molecule is Cn1cc(S(=O)(=O)N2CCCC2)cc1C(=O)N1CCC(C(=O)c2cc(F)ccc2F)CC1. The quantitative estimate of drug-likeness (QED) is 0.636. The van der Waals surface area contributed by atoms with Crippen LogP contribution >= 0.6 is 0 Å². The minimum Gasteiger partial charge on any atom is -0.345 e. The van der Waals surface area contributed by atoms with E-state index in [1.54, 1.807) is 11.9 Å². The summed E-state index contributed by atoms with van der Waals surface area (Å²) in [5.74, 6) is -2.73. The molecule has 7 nitrogen and oxygen atoms in total. The number of halogens is 2. The number of aryl methyl sites for hydroxylation is 1. The standard InChI is InChI=1S/C22H25F2N3O4S/c1-25-14-17(32(30,31)27-8-2-3-9-27)13-20(25)22(29)26-10-6-15(7-11-26)21(28)18-12-16(23)4-5-19(18)24/h4-5,12-15H,2-3,6-11H2,1H3. The van der Waals surface area contributed by atoms with Gasteiger partial charge in [0.15, 0.2) is 5.78 Å². The molecule has 1 aromatic carbocycles. The van der Waals surface area contributed by atoms with E-state index in [0.717, 1.165) is 31.0 Å². The van der Waals surface area contributed by atoms with Crippen LogP contribution in [0.2, 0.25) is 0 Å². The van der Waals surface area contributed by atoms with E-state index in [2.05, 4.69) is 0 Å². The van der Waals surface area contributed by atoms with Crippen LogP contribution in [0, 0.1) is 17.6 Å². The summed E-state index contributed by atoms with van der Waals surface area (Å²) in [4.78, 5) is 27.3. The number of nitrogens with zero attached hydrogens (tertiary/aromatic N) is 3. The number of piperidine rings is 1. The highest BCUT2D eigenvalue weighted by molar-refractivity contribution is 7.89. The normalized spacial score (nSPS) is 18.3. The Bertz CT molecular complexity index is 1150. The Morgan fingerprint density at radius 2 is 1.66 bits per heavy atom. The molecule has 0 saturated carbocycles. The first-order chi connectivity index (χ1) is 15.2. The van der Waals surface area contributed by atoms with E-state index in [0.29, 0.717) is 25.9 Å². The van der Waals surface area contributed by atoms with Crippen molar-refractivity contribution in [3.8, 4) is 0 Å². The van der Waals surface area contributed by atoms with Gasteiger partial charge in [-0.05, 0) is 49.9 Å². The predicted octanol–water partition coefficient (Wildman–Crippen LogP) is 2.82. The van der Waals surface area contributed by atoms with Crippen molar-refractivity contribution in [3.63, 3.8) is 0 Å². The molecule has 10 heteroatoms. The van der Waals surface area contributed by atoms with Crippen molar-refractivity contribution in [2.45, 2.75) is 30.6 Å². The van der Waals surface area contributed by atoms with Gasteiger partial charge in [0.25, 0.3) is 5.91 Å². The van der Waals surface area contributed by atoms with E-state index in [1.807, 2.05) is 0 Å². The van der Waals surface area contributed by atoms with Crippen molar-refractivity contribution in [1.29, 1.82) is 0 Å². The van der Waals surface area contributed by atoms with Gasteiger partial charge < -0.3 is 9.47 Å². The molecule has 2 saturated heterocycles. The van der Waals surface area contributed by atoms with E-state index in [4.69, 9.17) is 0 Å². The summed E-state index contributed by atoms with van der Waals surface area (Å²) < 4.78 is 55.9. The largest absolute Gasteiger partial charge is 0.345 e. The van der Waals surface area contributed by atoms with Gasteiger partial charge in [0.05, 0.1) is 5.56 Å². The van der Waals surface area contributed by atoms with E-state index >= 15 is 0 Å². The number of aromatic nitrogens is 1. The Morgan fingerprint density at radius 3 is 2.31 bits per heavy atom. The first kappa shape index (κ1) is 22.6. The Balaban J connectivity index is 1.44. The molecule has 2 aliphatic rings. The number of sulfonamides is 1. The maximum absolute atomic E-state index is 13.9. The molecule has 0 N–H and O–H groups in total. The van der Waals surface area contributed by atoms with Crippen molar-refractivity contribution in [1.82, 2.24) is 13.8 Å². The van der Waals surface area contributed by atoms with Crippen LogP contribution < -0.4 is 0 Å². The van der Waals surface area contributed by atoms with Crippen LogP contribution in [0.3, 0.4) is 0 Å². The molecule has 172 valence electrons. The molecule has 0 aliphatic carbocycles. The Labute approximate surface area is 185 Å². The highest BCUT2D eigenvalue weighted by Crippen LogP contribution is 2.27. The summed E-state index contributed by atoms with van der Waals surface area (Å²) in [7, 11) is -2.01. The smallest absolute Gasteiger partial charge is 0.270 e. The first-order valence-electron chi connectivity index (χ1n) is 10.6. The van der Waals surface area contributed by atoms with Gasteiger partial charge in [-0.3, -0.25) is 9.59 Å². The molecule has 0 spiro atoms. The van der Waals surface area contributed by atoms with Gasteiger partial charge in [0.2, 0.25) is 10.0 Å². The lowest BCUT2D eigenvalue weighted by Crippen LogP contribution is -2.41. The van der Waals surface area contributed by atoms with Crippen LogP contribution in [-0.2, 0) is 17.1 Å². The molecule has 0 atom stereocenters. The first-order valence-corrected chi connectivity index (χ1v) is 12.1. The van der Waals surface area contributed by atoms with E-state index in [1.165, 1.54) is 21.1 Å². The molecule has 1 amide bonds. The number of benzene rings is 1. The Kier molecular flexibility index (Phi) is 6.17. The fourth-order valence-electron chi connectivity index (χ4n) is 4.38. The maximum atomic E-state index is 13.9. The number of carbonyl (C=O) groups excluding carboxylic acids is 2. The lowest BCUT2D eigenvalue weighted by atomic mass is 9.88. The van der Waals surface area contributed by atoms with Crippen LogP contribution in [0.15, 0.2) is 35.4 Å². The molecule has 3 heterocycles. The molecule has 0 unspecified atom stereocenters. The summed E-state index contributed by atoms with van der Waals surface area (Å²) >= 11 is 0. The molecular formula is C22H25F2N3O4S. The molecule has 1 aromatic heterocycles. The zero-order valence-corrected chi connectivity index (χ0v) is 18.6. The highest BCUT2D eigenvalue weighted by Gasteiger charge is 2.33. The topological polar surface area (TPSA) is 79.7 Å². The summed E-state index contributed by atoms with van der Waals surface area (Å²) in [6.07, 6.45) is 3.74. The number of Topliss-reactive ketones (excluding diaryl/α,β-unsaturated/α-hetero) is 1. The number of carbonyl (C=O) groups is 2. The van der Waals surface area contributed by atoms with Crippen LogP contribution in [-0.4, -0.2) is 60.1 Å². The molecule has 2 fully saturated rings. The average Bonchev–Trinajstić information content (AvgIpc) is 3.45. The van der Waals surface area contributed by atoms with Gasteiger partial charge in [-0.2, -0.15) is 4.31 Å². The molecule has 0 bridgehead atoms. The van der Waals surface area contributed by atoms with Crippen molar-refractivity contribution in [2.24, 2.45) is 13.0 Å². The number of ketones is 1. The number of likely N-dealkylation sites (tertiary alicyclic amines) is 1. The third-order valence-electron chi connectivity index (χ3n) is 6.25. The van der Waals surface area contributed by atoms with Crippen molar-refractivity contribution in [3.05, 3.63) is 53.4 Å². The zero-order valence-electron chi connectivity index (χ0n) is 17.8. The molecular weight excluding hydrogens is 440 g/mol. The fourth-order valence-corrected chi connectivity index (χ4v) is 5.97. The third kappa shape index (κ3) is 4.21. The average molecular weight is 466 g/mol. The Hall–Kier alpha value is -2.59. The highest BCUT2D eigenvalue weighted by atomic mass is 32.2. The van der Waals surface area contributed by atoms with Crippen LogP contribution in [0.4, 0.5) is 8.78 Å². The van der Waals surface area contributed by atoms with Crippen LogP contribution in [0.1, 0.15) is 46.5 Å². The number of hydrogen-bond acceptors (Lipinski definition) is 4. The molecule has 4 rings (SSSR count). The lowest BCUT2D eigenvalue weighted by molar-refractivity contribution is 0.0641. The second-order valence-electron chi connectivity index (χ2n) is 8.34. The van der Waals surface area contributed by atoms with Crippen LogP contribution in [0.25, 0.3) is 0 Å². The second kappa shape index (κ2) is 8.74. The number of hydrogen-bond donors (Lipinski definition) is 0. The minimum absolute atomic E-state index is 0.0943. The van der Waals surface area contributed by atoms with Gasteiger partial charge in [-0.1, -0.05) is 0 Å². The molecule has 32 heavy (non-hydrogen) atoms. The number of amides is 1. The maximum Gasteiger partial charge on any atom is 0.270 e. The van der Waals surface area contributed by atoms with Crippen molar-refractivity contribution in [2.75, 3.05) is 26.2 Å². The van der Waals surface area contributed by atoms with Crippen molar-refractivity contribution >= 4 is 21.7 Å². The van der Waals surface area contributed by atoms with Crippen molar-refractivity contribution < 1.29 is 26.8 Å². The van der Waals surface area contributed by atoms with Gasteiger partial charge in [0.1, 0.15) is 22.2 Å². The van der Waals surface area contributed by atoms with Gasteiger partial charge in [-0.15, -0.1) is 0 Å². The summed E-state index contributed by atoms with van der Waals surface area (Å²) in [5, 5.41) is 0. The lowest BCUT2D eigenvalue weighted by Gasteiger charge is -2.31. The number of rotatable bonds is 5. The molecule has 2 aliphatic heterocycles. The second-order valence-corrected chi connectivity index (χ2v) is 10.3. The van der Waals surface area contributed by atoms with Gasteiger partial charge >= 0.3 is 0 Å². The Morgan fingerprint density at radius 1 is 1.00 bits per heavy atom. The fraction of sp³-hybridized carbons (Fsp3) is 0.455. The van der Waals surface area contributed by atoms with E-state index in [-0.39, 0.29) is 35.1 Å². The minimum atomic E-state index is -3.63. The summed E-state index contributed by atoms with van der Waals surface area (Å²) in [6.45, 7) is 1.50. The predicted molar refractivity (Wildman–Crippen MR) is 113 cm³/mol. The van der Waals surface area contributed by atoms with Gasteiger partial charge in [0, 0.05) is 45.3 Å². The van der Waals surface area contributed by atoms with E-state index < -0.39 is 33.4 Å². The molecule has 0 radical (unpaired) electrons. The monoisotopic (exact) mass is 465 g/mol. The molecule has 2 aromatic rings. The zero-order chi connectivity index (χ0) is 23.0. The third-order valence-corrected chi connectivity index (χ3v) is 8.11.